The molecule has 0 unspecified atom stereocenters. The van der Waals surface area contributed by atoms with E-state index < -0.39 is 5.67 Å². The van der Waals surface area contributed by atoms with Gasteiger partial charge in [0, 0.05) is 18.5 Å². The van der Waals surface area contributed by atoms with Crippen LogP contribution in [-0.2, 0) is 0 Å². The van der Waals surface area contributed by atoms with Gasteiger partial charge in [-0.25, -0.2) is 9.37 Å². The molecule has 6 heteroatoms. The maximum absolute atomic E-state index is 15.0. The molecular weight excluding hydrogens is 395 g/mol. The van der Waals surface area contributed by atoms with E-state index in [1.165, 1.54) is 0 Å². The molecule has 3 aromatic rings. The van der Waals surface area contributed by atoms with Gasteiger partial charge in [-0.15, -0.1) is 0 Å². The van der Waals surface area contributed by atoms with Crippen molar-refractivity contribution in [2.75, 3.05) is 13.2 Å². The summed E-state index contributed by atoms with van der Waals surface area (Å²) in [5.74, 6) is 0.101. The number of carbonyl (C=O) groups excluding carboxylic acids is 1. The van der Waals surface area contributed by atoms with Crippen LogP contribution in [0, 0.1) is 6.92 Å². The standard InChI is InChI=1S/C25H29FN2O3/c1-18-23(21(30)15-20(16-29)19-9-4-2-5-10-19)28-14-8-11-22(24(28)27-18)31-17-25(26)12-6-3-7-13-25/h2,4-5,8-11,14,20,29H,3,6-7,12-13,15-17H2,1H3/t20-/m0/s1. The lowest BCUT2D eigenvalue weighted by Gasteiger charge is -2.29. The lowest BCUT2D eigenvalue weighted by Crippen LogP contribution is -2.33. The summed E-state index contributed by atoms with van der Waals surface area (Å²) in [6, 6.07) is 13.1. The van der Waals surface area contributed by atoms with E-state index in [9.17, 15) is 14.3 Å². The fraction of sp³-hybridized carbons (Fsp3) is 0.440. The van der Waals surface area contributed by atoms with Crippen molar-refractivity contribution >= 4 is 11.4 Å². The Bertz CT molecular complexity index is 1040. The summed E-state index contributed by atoms with van der Waals surface area (Å²) in [5, 5.41) is 9.84. The van der Waals surface area contributed by atoms with Crippen molar-refractivity contribution < 1.29 is 19.0 Å². The van der Waals surface area contributed by atoms with Crippen LogP contribution in [0.3, 0.4) is 0 Å². The lowest BCUT2D eigenvalue weighted by molar-refractivity contribution is 0.0480. The van der Waals surface area contributed by atoms with Crippen LogP contribution in [0.1, 0.15) is 66.2 Å². The number of hydrogen-bond acceptors (Lipinski definition) is 4. The third-order valence-electron chi connectivity index (χ3n) is 6.21. The topological polar surface area (TPSA) is 63.8 Å². The molecule has 0 amide bonds. The van der Waals surface area contributed by atoms with Gasteiger partial charge in [0.05, 0.1) is 12.3 Å². The molecule has 1 aliphatic carbocycles. The largest absolute Gasteiger partial charge is 0.486 e. The Morgan fingerprint density at radius 1 is 1.19 bits per heavy atom. The number of aromatic nitrogens is 2. The minimum Gasteiger partial charge on any atom is -0.486 e. The summed E-state index contributed by atoms with van der Waals surface area (Å²) in [6.45, 7) is 1.68. The highest BCUT2D eigenvalue weighted by molar-refractivity contribution is 5.97. The fourth-order valence-electron chi connectivity index (χ4n) is 4.47. The summed E-state index contributed by atoms with van der Waals surface area (Å²) < 4.78 is 22.6. The first-order valence-corrected chi connectivity index (χ1v) is 11.0. The average Bonchev–Trinajstić information content (AvgIpc) is 3.13. The fourth-order valence-corrected chi connectivity index (χ4v) is 4.47. The number of pyridine rings is 1. The molecule has 1 aromatic carbocycles. The Kier molecular flexibility index (Phi) is 6.37. The molecule has 0 radical (unpaired) electrons. The molecule has 2 aromatic heterocycles. The second-order valence-corrected chi connectivity index (χ2v) is 8.53. The molecule has 0 spiro atoms. The van der Waals surface area contributed by atoms with E-state index in [0.29, 0.717) is 35.6 Å². The van der Waals surface area contributed by atoms with Gasteiger partial charge in [-0.05, 0) is 37.5 Å². The van der Waals surface area contributed by atoms with Crippen LogP contribution >= 0.6 is 0 Å². The highest BCUT2D eigenvalue weighted by atomic mass is 19.1. The van der Waals surface area contributed by atoms with Gasteiger partial charge in [-0.1, -0.05) is 49.6 Å². The maximum atomic E-state index is 15.0. The van der Waals surface area contributed by atoms with E-state index in [4.69, 9.17) is 4.74 Å². The van der Waals surface area contributed by atoms with Crippen LogP contribution in [0.25, 0.3) is 5.65 Å². The maximum Gasteiger partial charge on any atom is 0.182 e. The minimum absolute atomic E-state index is 0.00243. The van der Waals surface area contributed by atoms with Gasteiger partial charge in [-0.2, -0.15) is 0 Å². The number of fused-ring (bicyclic) bond motifs is 1. The van der Waals surface area contributed by atoms with Crippen LogP contribution in [-0.4, -0.2) is 39.2 Å². The van der Waals surface area contributed by atoms with Gasteiger partial charge in [-0.3, -0.25) is 9.20 Å². The van der Waals surface area contributed by atoms with Gasteiger partial charge in [0.2, 0.25) is 0 Å². The normalized spacial score (nSPS) is 16.9. The van der Waals surface area contributed by atoms with Crippen molar-refractivity contribution in [1.82, 2.24) is 9.38 Å². The first-order valence-electron chi connectivity index (χ1n) is 11.0. The van der Waals surface area contributed by atoms with Crippen LogP contribution in [0.5, 0.6) is 5.75 Å². The monoisotopic (exact) mass is 424 g/mol. The summed E-state index contributed by atoms with van der Waals surface area (Å²) in [5.41, 5.74) is 1.22. The molecule has 1 saturated carbocycles. The van der Waals surface area contributed by atoms with E-state index in [-0.39, 0.29) is 31.3 Å². The second kappa shape index (κ2) is 9.18. The number of aliphatic hydroxyl groups is 1. The number of imidazole rings is 1. The number of benzene rings is 1. The number of hydrogen-bond donors (Lipinski definition) is 1. The van der Waals surface area contributed by atoms with Gasteiger partial charge >= 0.3 is 0 Å². The number of ketones is 1. The Hall–Kier alpha value is -2.73. The highest BCUT2D eigenvalue weighted by Crippen LogP contribution is 2.33. The zero-order valence-electron chi connectivity index (χ0n) is 17.9. The number of Topliss-reactive ketones (excluding diaryl/α,β-unsaturated/α-hetero) is 1. The van der Waals surface area contributed by atoms with Crippen molar-refractivity contribution in [3.63, 3.8) is 0 Å². The number of aliphatic hydroxyl groups excluding tert-OH is 1. The predicted octanol–water partition coefficient (Wildman–Crippen LogP) is 5.04. The molecule has 5 nitrogen and oxygen atoms in total. The number of halogens is 1. The predicted molar refractivity (Wildman–Crippen MR) is 118 cm³/mol. The van der Waals surface area contributed by atoms with Gasteiger partial charge < -0.3 is 9.84 Å². The molecule has 0 bridgehead atoms. The molecule has 1 aliphatic rings. The molecule has 164 valence electrons. The third kappa shape index (κ3) is 4.64. The molecular formula is C25H29FN2O3. The zero-order chi connectivity index (χ0) is 21.8. The molecule has 1 fully saturated rings. The number of ether oxygens (including phenoxy) is 1. The summed E-state index contributed by atoms with van der Waals surface area (Å²) >= 11 is 0. The van der Waals surface area contributed by atoms with E-state index in [0.717, 1.165) is 24.8 Å². The van der Waals surface area contributed by atoms with E-state index in [2.05, 4.69) is 4.98 Å². The Labute approximate surface area is 181 Å². The molecule has 4 rings (SSSR count). The van der Waals surface area contributed by atoms with Gasteiger partial charge in [0.1, 0.15) is 18.0 Å². The molecule has 2 heterocycles. The number of aryl methyl sites for hydroxylation is 1. The van der Waals surface area contributed by atoms with Crippen LogP contribution in [0.15, 0.2) is 48.7 Å². The first-order chi connectivity index (χ1) is 15.0. The second-order valence-electron chi connectivity index (χ2n) is 8.53. The highest BCUT2D eigenvalue weighted by Gasteiger charge is 2.33. The smallest absolute Gasteiger partial charge is 0.182 e. The first kappa shape index (κ1) is 21.5. The quantitative estimate of drug-likeness (QED) is 0.515. The van der Waals surface area contributed by atoms with Gasteiger partial charge in [0.25, 0.3) is 0 Å². The van der Waals surface area contributed by atoms with Crippen molar-refractivity contribution in [3.8, 4) is 5.75 Å². The molecule has 1 N–H and O–H groups in total. The van der Waals surface area contributed by atoms with E-state index in [1.54, 1.807) is 29.7 Å². The van der Waals surface area contributed by atoms with Crippen LogP contribution < -0.4 is 4.74 Å². The van der Waals surface area contributed by atoms with Gasteiger partial charge in [0.15, 0.2) is 17.2 Å². The summed E-state index contributed by atoms with van der Waals surface area (Å²) in [7, 11) is 0. The number of alkyl halides is 1. The van der Waals surface area contributed by atoms with Crippen molar-refractivity contribution in [2.45, 2.75) is 57.0 Å². The Balaban J connectivity index is 1.57. The van der Waals surface area contributed by atoms with Crippen LogP contribution in [0.2, 0.25) is 0 Å². The molecule has 31 heavy (non-hydrogen) atoms. The summed E-state index contributed by atoms with van der Waals surface area (Å²) in [6.07, 6.45) is 5.84. The van der Waals surface area contributed by atoms with E-state index >= 15 is 0 Å². The molecule has 1 atom stereocenters. The zero-order valence-corrected chi connectivity index (χ0v) is 17.9. The minimum atomic E-state index is -1.30. The number of rotatable bonds is 8. The lowest BCUT2D eigenvalue weighted by atomic mass is 9.87. The molecule has 0 saturated heterocycles. The van der Waals surface area contributed by atoms with Crippen molar-refractivity contribution in [3.05, 3.63) is 65.6 Å². The van der Waals surface area contributed by atoms with Crippen LogP contribution in [0.4, 0.5) is 4.39 Å². The Morgan fingerprint density at radius 2 is 1.94 bits per heavy atom. The SMILES string of the molecule is Cc1nc2c(OCC3(F)CCCCC3)cccn2c1C(=O)C[C@@H](CO)c1ccccc1. The summed E-state index contributed by atoms with van der Waals surface area (Å²) in [4.78, 5) is 17.7. The Morgan fingerprint density at radius 3 is 2.65 bits per heavy atom. The number of nitrogens with zero attached hydrogens (tertiary/aromatic N) is 2. The average molecular weight is 425 g/mol. The third-order valence-corrected chi connectivity index (χ3v) is 6.21. The van der Waals surface area contributed by atoms with Crippen molar-refractivity contribution in [2.24, 2.45) is 0 Å². The van der Waals surface area contributed by atoms with Crippen molar-refractivity contribution in [1.29, 1.82) is 0 Å². The molecule has 0 aliphatic heterocycles. The van der Waals surface area contributed by atoms with E-state index in [1.807, 2.05) is 30.3 Å². The number of carbonyl (C=O) groups is 1.